The molecule has 0 amide bonds. The molecule has 104 valence electrons. The Morgan fingerprint density at radius 2 is 2.05 bits per heavy atom. The molecule has 1 N–H and O–H groups in total. The molecule has 0 aromatic heterocycles. The van der Waals surface area contributed by atoms with Crippen LogP contribution in [0.5, 0.6) is 5.75 Å². The lowest BCUT2D eigenvalue weighted by atomic mass is 9.95. The van der Waals surface area contributed by atoms with Crippen LogP contribution in [0.2, 0.25) is 0 Å². The van der Waals surface area contributed by atoms with Crippen LogP contribution in [0.3, 0.4) is 0 Å². The summed E-state index contributed by atoms with van der Waals surface area (Å²) in [5.41, 5.74) is 0.568. The number of anilines is 1. The van der Waals surface area contributed by atoms with E-state index in [9.17, 15) is 9.90 Å². The number of hydrogen-bond acceptors (Lipinski definition) is 3. The molecule has 0 bridgehead atoms. The standard InChI is InChI=1S/C15H21NO3/c1-10-6-7-12-11(8-10)16(9-14(2,3)19-12)15(4,5)13(17)18/h6-8H,9H2,1-5H3,(H,17,18). The molecular weight excluding hydrogens is 242 g/mol. The van der Waals surface area contributed by atoms with E-state index in [1.165, 1.54) is 0 Å². The second kappa shape index (κ2) is 4.15. The van der Waals surface area contributed by atoms with Crippen LogP contribution < -0.4 is 9.64 Å². The molecule has 0 saturated heterocycles. The number of benzene rings is 1. The second-order valence-corrected chi connectivity index (χ2v) is 6.28. The molecule has 0 atom stereocenters. The van der Waals surface area contributed by atoms with Crippen molar-refractivity contribution < 1.29 is 14.6 Å². The Balaban J connectivity index is 2.56. The van der Waals surface area contributed by atoms with Crippen molar-refractivity contribution in [2.75, 3.05) is 11.4 Å². The number of carboxylic acids is 1. The van der Waals surface area contributed by atoms with Crippen LogP contribution in [0.4, 0.5) is 5.69 Å². The van der Waals surface area contributed by atoms with Gasteiger partial charge in [-0.15, -0.1) is 0 Å². The van der Waals surface area contributed by atoms with Gasteiger partial charge in [-0.05, 0) is 52.3 Å². The Labute approximate surface area is 114 Å². The van der Waals surface area contributed by atoms with Crippen LogP contribution in [-0.2, 0) is 4.79 Å². The van der Waals surface area contributed by atoms with Gasteiger partial charge in [-0.2, -0.15) is 0 Å². The number of fused-ring (bicyclic) bond motifs is 1. The smallest absolute Gasteiger partial charge is 0.328 e. The van der Waals surface area contributed by atoms with E-state index < -0.39 is 17.1 Å². The van der Waals surface area contributed by atoms with E-state index in [0.29, 0.717) is 6.54 Å². The van der Waals surface area contributed by atoms with Crippen molar-refractivity contribution in [3.8, 4) is 5.75 Å². The first-order chi connectivity index (χ1) is 8.63. The third-order valence-electron chi connectivity index (χ3n) is 3.53. The predicted molar refractivity (Wildman–Crippen MR) is 74.9 cm³/mol. The third kappa shape index (κ3) is 2.39. The monoisotopic (exact) mass is 263 g/mol. The van der Waals surface area contributed by atoms with Crippen LogP contribution in [0.1, 0.15) is 33.3 Å². The average molecular weight is 263 g/mol. The molecule has 0 unspecified atom stereocenters. The molecule has 1 heterocycles. The van der Waals surface area contributed by atoms with Gasteiger partial charge in [0.25, 0.3) is 0 Å². The van der Waals surface area contributed by atoms with Gasteiger partial charge in [-0.1, -0.05) is 6.07 Å². The van der Waals surface area contributed by atoms with Gasteiger partial charge in [0.1, 0.15) is 16.9 Å². The molecule has 4 nitrogen and oxygen atoms in total. The maximum absolute atomic E-state index is 11.5. The number of carboxylic acid groups (broad SMARTS) is 1. The maximum atomic E-state index is 11.5. The number of rotatable bonds is 2. The van der Waals surface area contributed by atoms with Crippen molar-refractivity contribution in [2.24, 2.45) is 0 Å². The number of carbonyl (C=O) groups is 1. The van der Waals surface area contributed by atoms with E-state index >= 15 is 0 Å². The van der Waals surface area contributed by atoms with Gasteiger partial charge < -0.3 is 14.7 Å². The minimum Gasteiger partial charge on any atom is -0.484 e. The highest BCUT2D eigenvalue weighted by molar-refractivity contribution is 5.84. The summed E-state index contributed by atoms with van der Waals surface area (Å²) in [5, 5.41) is 9.48. The van der Waals surface area contributed by atoms with Crippen LogP contribution in [0.25, 0.3) is 0 Å². The summed E-state index contributed by atoms with van der Waals surface area (Å²) in [7, 11) is 0. The predicted octanol–water partition coefficient (Wildman–Crippen LogP) is 2.84. The summed E-state index contributed by atoms with van der Waals surface area (Å²) in [6.07, 6.45) is 0. The highest BCUT2D eigenvalue weighted by Gasteiger charge is 2.42. The van der Waals surface area contributed by atoms with Gasteiger partial charge in [0, 0.05) is 0 Å². The zero-order valence-electron chi connectivity index (χ0n) is 12.2. The van der Waals surface area contributed by atoms with Gasteiger partial charge in [0.2, 0.25) is 0 Å². The summed E-state index contributed by atoms with van der Waals surface area (Å²) in [6, 6.07) is 5.87. The molecule has 1 aliphatic rings. The first-order valence-corrected chi connectivity index (χ1v) is 6.44. The van der Waals surface area contributed by atoms with Crippen molar-refractivity contribution in [1.82, 2.24) is 0 Å². The Bertz CT molecular complexity index is 520. The normalized spacial score (nSPS) is 17.6. The van der Waals surface area contributed by atoms with E-state index in [-0.39, 0.29) is 0 Å². The first-order valence-electron chi connectivity index (χ1n) is 6.44. The summed E-state index contributed by atoms with van der Waals surface area (Å²) in [4.78, 5) is 13.5. The summed E-state index contributed by atoms with van der Waals surface area (Å²) < 4.78 is 5.94. The van der Waals surface area contributed by atoms with Crippen LogP contribution in [-0.4, -0.2) is 28.8 Å². The van der Waals surface area contributed by atoms with E-state index in [1.807, 2.05) is 43.9 Å². The SMILES string of the molecule is Cc1ccc2c(c1)N(C(C)(C)C(=O)O)CC(C)(C)O2. The van der Waals surface area contributed by atoms with Crippen molar-refractivity contribution in [1.29, 1.82) is 0 Å². The molecule has 19 heavy (non-hydrogen) atoms. The van der Waals surface area contributed by atoms with Crippen LogP contribution >= 0.6 is 0 Å². The quantitative estimate of drug-likeness (QED) is 0.891. The van der Waals surface area contributed by atoms with Crippen molar-refractivity contribution in [3.63, 3.8) is 0 Å². The highest BCUT2D eigenvalue weighted by Crippen LogP contribution is 2.41. The first kappa shape index (κ1) is 13.7. The average Bonchev–Trinajstić information content (AvgIpc) is 2.27. The largest absolute Gasteiger partial charge is 0.484 e. The Kier molecular flexibility index (Phi) is 3.00. The molecule has 0 fully saturated rings. The van der Waals surface area contributed by atoms with Crippen LogP contribution in [0.15, 0.2) is 18.2 Å². The lowest BCUT2D eigenvalue weighted by Gasteiger charge is -2.46. The van der Waals surface area contributed by atoms with E-state index in [2.05, 4.69) is 0 Å². The zero-order chi connectivity index (χ0) is 14.4. The number of ether oxygens (including phenoxy) is 1. The highest BCUT2D eigenvalue weighted by atomic mass is 16.5. The van der Waals surface area contributed by atoms with Crippen molar-refractivity contribution >= 4 is 11.7 Å². The fourth-order valence-corrected chi connectivity index (χ4v) is 2.33. The number of nitrogens with zero attached hydrogens (tertiary/aromatic N) is 1. The topological polar surface area (TPSA) is 49.8 Å². The third-order valence-corrected chi connectivity index (χ3v) is 3.53. The van der Waals surface area contributed by atoms with E-state index in [1.54, 1.807) is 13.8 Å². The number of aliphatic carboxylic acids is 1. The lowest BCUT2D eigenvalue weighted by Crippen LogP contribution is -2.58. The van der Waals surface area contributed by atoms with Gasteiger partial charge >= 0.3 is 5.97 Å². The molecule has 0 radical (unpaired) electrons. The summed E-state index contributed by atoms with van der Waals surface area (Å²) in [6.45, 7) is 9.93. The molecule has 2 rings (SSSR count). The van der Waals surface area contributed by atoms with E-state index in [0.717, 1.165) is 17.0 Å². The van der Waals surface area contributed by atoms with Crippen molar-refractivity contribution in [2.45, 2.75) is 45.8 Å². The molecule has 0 saturated carbocycles. The minimum atomic E-state index is -0.969. The maximum Gasteiger partial charge on any atom is 0.328 e. The fraction of sp³-hybridized carbons (Fsp3) is 0.533. The number of aryl methyl sites for hydroxylation is 1. The van der Waals surface area contributed by atoms with Gasteiger partial charge in [0.05, 0.1) is 12.2 Å². The molecule has 0 spiro atoms. The lowest BCUT2D eigenvalue weighted by molar-refractivity contribution is -0.142. The minimum absolute atomic E-state index is 0.408. The molecule has 4 heteroatoms. The fourth-order valence-electron chi connectivity index (χ4n) is 2.33. The zero-order valence-corrected chi connectivity index (χ0v) is 12.2. The molecule has 1 aromatic rings. The van der Waals surface area contributed by atoms with Crippen molar-refractivity contribution in [3.05, 3.63) is 23.8 Å². The summed E-state index contributed by atoms with van der Waals surface area (Å²) in [5.74, 6) is -0.0890. The molecule has 1 aliphatic heterocycles. The Morgan fingerprint density at radius 3 is 2.63 bits per heavy atom. The molecule has 0 aliphatic carbocycles. The van der Waals surface area contributed by atoms with Gasteiger partial charge in [-0.25, -0.2) is 4.79 Å². The Hall–Kier alpha value is -1.71. The molecule has 1 aromatic carbocycles. The molecular formula is C15H21NO3. The summed E-state index contributed by atoms with van der Waals surface area (Å²) >= 11 is 0. The second-order valence-electron chi connectivity index (χ2n) is 6.28. The van der Waals surface area contributed by atoms with Crippen LogP contribution in [0, 0.1) is 6.92 Å². The number of hydrogen-bond donors (Lipinski definition) is 1. The van der Waals surface area contributed by atoms with E-state index in [4.69, 9.17) is 4.74 Å². The Morgan fingerprint density at radius 1 is 1.42 bits per heavy atom. The van der Waals surface area contributed by atoms with Gasteiger partial charge in [-0.3, -0.25) is 0 Å². The van der Waals surface area contributed by atoms with Gasteiger partial charge in [0.15, 0.2) is 0 Å².